The molecule has 252 valence electrons. The molecule has 2 heterocycles. The number of halogens is 1. The summed E-state index contributed by atoms with van der Waals surface area (Å²) < 4.78 is 42.0. The molecule has 1 aromatic carbocycles. The highest BCUT2D eigenvalue weighted by molar-refractivity contribution is 7.91. The van der Waals surface area contributed by atoms with E-state index in [1.807, 2.05) is 7.05 Å². The summed E-state index contributed by atoms with van der Waals surface area (Å²) in [6, 6.07) is 6.29. The lowest BCUT2D eigenvalue weighted by Gasteiger charge is -2.34. The molecule has 0 radical (unpaired) electrons. The first kappa shape index (κ1) is 35.7. The number of Topliss-reactive ketones (excluding diaryl/α,β-unsaturated/α-hetero) is 1. The Morgan fingerprint density at radius 2 is 1.72 bits per heavy atom. The normalized spacial score (nSPS) is 17.7. The van der Waals surface area contributed by atoms with E-state index in [1.54, 1.807) is 17.9 Å². The van der Waals surface area contributed by atoms with E-state index in [0.717, 1.165) is 56.5 Å². The number of carbonyl (C=O) groups is 4. The topological polar surface area (TPSA) is 145 Å². The van der Waals surface area contributed by atoms with Crippen LogP contribution in [0.5, 0.6) is 0 Å². The lowest BCUT2D eigenvalue weighted by Crippen LogP contribution is -2.54. The molecule has 14 heteroatoms. The van der Waals surface area contributed by atoms with Gasteiger partial charge in [0.05, 0.1) is 10.6 Å². The van der Waals surface area contributed by atoms with E-state index >= 15 is 4.39 Å². The van der Waals surface area contributed by atoms with Crippen LogP contribution in [0.1, 0.15) is 67.1 Å². The molecule has 46 heavy (non-hydrogen) atoms. The zero-order valence-electron chi connectivity index (χ0n) is 26.6. The molecule has 2 aliphatic rings. The zero-order chi connectivity index (χ0) is 33.4. The number of sulfonamides is 1. The summed E-state index contributed by atoms with van der Waals surface area (Å²) >= 11 is 0.855. The van der Waals surface area contributed by atoms with Gasteiger partial charge in [-0.1, -0.05) is 32.3 Å². The van der Waals surface area contributed by atoms with E-state index in [2.05, 4.69) is 20.3 Å². The van der Waals surface area contributed by atoms with Gasteiger partial charge in [0.1, 0.15) is 16.1 Å². The molecule has 1 aliphatic carbocycles. The Balaban J connectivity index is 1.48. The van der Waals surface area contributed by atoms with Crippen LogP contribution in [0.15, 0.2) is 34.5 Å². The van der Waals surface area contributed by atoms with Crippen LogP contribution in [0, 0.1) is 17.7 Å². The molecule has 2 atom stereocenters. The summed E-state index contributed by atoms with van der Waals surface area (Å²) in [6.07, 6.45) is 4.61. The second-order valence-electron chi connectivity index (χ2n) is 12.1. The fourth-order valence-electron chi connectivity index (χ4n) is 6.02. The smallest absolute Gasteiger partial charge is 0.249 e. The SMILES string of the molecule is CCC(=O)N[C@H](Cc1ccc(NC(=O)[C@@H](CC(=O)c2ccc(S(=O)(=O)NC)s2)C2CCCCC2)c(F)c1)C(=O)N1CCN(C)CC1. The number of nitrogens with one attached hydrogen (secondary N) is 3. The molecule has 1 aromatic heterocycles. The van der Waals surface area contributed by atoms with Crippen molar-refractivity contribution in [3.05, 3.63) is 46.6 Å². The van der Waals surface area contributed by atoms with Gasteiger partial charge in [-0.25, -0.2) is 17.5 Å². The van der Waals surface area contributed by atoms with Crippen molar-refractivity contribution in [1.29, 1.82) is 0 Å². The molecule has 3 amide bonds. The molecule has 0 spiro atoms. The van der Waals surface area contributed by atoms with Gasteiger partial charge in [0.2, 0.25) is 27.7 Å². The molecule has 1 saturated heterocycles. The second-order valence-corrected chi connectivity index (χ2v) is 15.3. The Hall–Kier alpha value is -3.20. The Bertz CT molecular complexity index is 1520. The van der Waals surface area contributed by atoms with Gasteiger partial charge in [-0.3, -0.25) is 19.2 Å². The molecule has 3 N–H and O–H groups in total. The van der Waals surface area contributed by atoms with Crippen LogP contribution in [0.3, 0.4) is 0 Å². The quantitative estimate of drug-likeness (QED) is 0.276. The fourth-order valence-corrected chi connectivity index (χ4v) is 8.11. The first-order valence-electron chi connectivity index (χ1n) is 15.8. The van der Waals surface area contributed by atoms with Crippen LogP contribution in [0.2, 0.25) is 0 Å². The fraction of sp³-hybridized carbons (Fsp3) is 0.562. The standard InChI is InChI=1S/C32H44FN5O6S2/c1-4-29(40)35-26(32(42)38-16-14-37(3)15-17-38)19-21-10-11-25(24(33)18-21)36-31(41)23(22-8-6-5-7-9-22)20-27(39)28-12-13-30(45-28)46(43,44)34-2/h10-13,18,22-23,26,34H,4-9,14-17,19-20H2,1-3H3,(H,35,40)(H,36,41)/t23-,26+/m0/s1. The van der Waals surface area contributed by atoms with E-state index in [4.69, 9.17) is 0 Å². The number of rotatable bonds is 13. The Morgan fingerprint density at radius 3 is 2.35 bits per heavy atom. The Kier molecular flexibility index (Phi) is 12.5. The van der Waals surface area contributed by atoms with Crippen LogP contribution in [-0.2, 0) is 30.8 Å². The monoisotopic (exact) mass is 677 g/mol. The number of thiophene rings is 1. The molecule has 0 unspecified atom stereocenters. The van der Waals surface area contributed by atoms with Crippen LogP contribution >= 0.6 is 11.3 Å². The highest BCUT2D eigenvalue weighted by Crippen LogP contribution is 2.35. The maximum absolute atomic E-state index is 15.4. The van der Waals surface area contributed by atoms with Gasteiger partial charge < -0.3 is 20.4 Å². The first-order chi connectivity index (χ1) is 21.9. The second kappa shape index (κ2) is 16.1. The number of nitrogens with zero attached hydrogens (tertiary/aromatic N) is 2. The predicted octanol–water partition coefficient (Wildman–Crippen LogP) is 3.41. The van der Waals surface area contributed by atoms with E-state index in [-0.39, 0.29) is 57.6 Å². The van der Waals surface area contributed by atoms with Gasteiger partial charge >= 0.3 is 0 Å². The third-order valence-electron chi connectivity index (χ3n) is 8.85. The maximum atomic E-state index is 15.4. The summed E-state index contributed by atoms with van der Waals surface area (Å²) in [5, 5.41) is 5.47. The summed E-state index contributed by atoms with van der Waals surface area (Å²) in [5.41, 5.74) is 0.448. The minimum Gasteiger partial charge on any atom is -0.344 e. The van der Waals surface area contributed by atoms with E-state index in [0.29, 0.717) is 18.7 Å². The highest BCUT2D eigenvalue weighted by atomic mass is 32.2. The molecule has 1 saturated carbocycles. The summed E-state index contributed by atoms with van der Waals surface area (Å²) in [7, 11) is -0.425. The number of ketones is 1. The van der Waals surface area contributed by atoms with Crippen molar-refractivity contribution in [1.82, 2.24) is 19.8 Å². The van der Waals surface area contributed by atoms with Gasteiger partial charge in [0.15, 0.2) is 5.78 Å². The van der Waals surface area contributed by atoms with E-state index in [9.17, 15) is 27.6 Å². The minimum absolute atomic E-state index is 0.0147. The number of likely N-dealkylation sites (N-methyl/N-ethyl adjacent to an activating group) is 1. The van der Waals surface area contributed by atoms with Crippen molar-refractivity contribution in [3.63, 3.8) is 0 Å². The Labute approximate surface area is 274 Å². The largest absolute Gasteiger partial charge is 0.344 e. The number of amides is 3. The molecular weight excluding hydrogens is 634 g/mol. The lowest BCUT2D eigenvalue weighted by atomic mass is 9.77. The van der Waals surface area contributed by atoms with Crippen LogP contribution < -0.4 is 15.4 Å². The van der Waals surface area contributed by atoms with Gasteiger partial charge in [-0.15, -0.1) is 11.3 Å². The van der Waals surface area contributed by atoms with Gasteiger partial charge in [0.25, 0.3) is 0 Å². The number of anilines is 1. The average molecular weight is 678 g/mol. The number of hydrogen-bond donors (Lipinski definition) is 3. The van der Waals surface area contributed by atoms with Crippen LogP contribution in [0.4, 0.5) is 10.1 Å². The lowest BCUT2D eigenvalue weighted by molar-refractivity contribution is -0.137. The molecule has 2 aromatic rings. The first-order valence-corrected chi connectivity index (χ1v) is 18.1. The maximum Gasteiger partial charge on any atom is 0.249 e. The van der Waals surface area contributed by atoms with Gasteiger partial charge in [0, 0.05) is 51.4 Å². The number of benzene rings is 1. The van der Waals surface area contributed by atoms with E-state index in [1.165, 1.54) is 31.3 Å². The molecular formula is C32H44FN5O6S2. The average Bonchev–Trinajstić information content (AvgIpc) is 3.56. The zero-order valence-corrected chi connectivity index (χ0v) is 28.3. The highest BCUT2D eigenvalue weighted by Gasteiger charge is 2.33. The Morgan fingerprint density at radius 1 is 1.02 bits per heavy atom. The number of hydrogen-bond acceptors (Lipinski definition) is 8. The summed E-state index contributed by atoms with van der Waals surface area (Å²) in [6.45, 7) is 4.23. The third kappa shape index (κ3) is 9.20. The number of carbonyl (C=O) groups excluding carboxylic acids is 4. The minimum atomic E-state index is -3.70. The van der Waals surface area contributed by atoms with Crippen molar-refractivity contribution in [2.75, 3.05) is 45.6 Å². The molecule has 4 rings (SSSR count). The summed E-state index contributed by atoms with van der Waals surface area (Å²) in [4.78, 5) is 56.5. The molecule has 1 aliphatic heterocycles. The molecule has 2 fully saturated rings. The predicted molar refractivity (Wildman–Crippen MR) is 175 cm³/mol. The van der Waals surface area contributed by atoms with Crippen molar-refractivity contribution >= 4 is 50.6 Å². The van der Waals surface area contributed by atoms with Crippen molar-refractivity contribution in [2.24, 2.45) is 11.8 Å². The van der Waals surface area contributed by atoms with Gasteiger partial charge in [-0.05, 0) is 62.7 Å². The van der Waals surface area contributed by atoms with Crippen molar-refractivity contribution in [2.45, 2.75) is 68.5 Å². The summed E-state index contributed by atoms with van der Waals surface area (Å²) in [5.74, 6) is -2.76. The molecule has 0 bridgehead atoms. The van der Waals surface area contributed by atoms with Crippen molar-refractivity contribution in [3.8, 4) is 0 Å². The number of piperazine rings is 1. The van der Waals surface area contributed by atoms with E-state index < -0.39 is 33.7 Å². The third-order valence-corrected chi connectivity index (χ3v) is 11.9. The molecule has 11 nitrogen and oxygen atoms in total. The van der Waals surface area contributed by atoms with Crippen molar-refractivity contribution < 1.29 is 32.0 Å². The van der Waals surface area contributed by atoms with Gasteiger partial charge in [-0.2, -0.15) is 0 Å². The van der Waals surface area contributed by atoms with Crippen LogP contribution in [-0.4, -0.2) is 88.0 Å². The van der Waals surface area contributed by atoms with Crippen LogP contribution in [0.25, 0.3) is 0 Å².